The molecule has 0 saturated carbocycles. The van der Waals surface area contributed by atoms with Crippen molar-refractivity contribution in [1.82, 2.24) is 10.2 Å². The van der Waals surface area contributed by atoms with Crippen molar-refractivity contribution >= 4 is 0 Å². The van der Waals surface area contributed by atoms with Crippen LogP contribution in [-0.4, -0.2) is 36.1 Å². The van der Waals surface area contributed by atoms with E-state index in [-0.39, 0.29) is 0 Å². The number of nitrogens with zero attached hydrogens (tertiary/aromatic N) is 1. The summed E-state index contributed by atoms with van der Waals surface area (Å²) >= 11 is 0. The summed E-state index contributed by atoms with van der Waals surface area (Å²) < 4.78 is 0. The average Bonchev–Trinajstić information content (AvgIpc) is 2.36. The molecule has 104 valence electrons. The van der Waals surface area contributed by atoms with Crippen molar-refractivity contribution in [2.75, 3.05) is 13.1 Å². The molecular formula is C16H30N2. The molecule has 1 rings (SSSR count). The molecule has 1 fully saturated rings. The Balaban J connectivity index is 2.73. The maximum atomic E-state index is 5.53. The Kier molecular flexibility index (Phi) is 6.75. The van der Waals surface area contributed by atoms with Crippen LogP contribution in [0.4, 0.5) is 0 Å². The molecule has 0 amide bonds. The number of nitrogens with one attached hydrogen (secondary N) is 1. The zero-order valence-corrected chi connectivity index (χ0v) is 12.6. The molecular weight excluding hydrogens is 220 g/mol. The Hall–Kier alpha value is -0.520. The molecule has 0 aromatic heterocycles. The van der Waals surface area contributed by atoms with Gasteiger partial charge >= 0.3 is 0 Å². The smallest absolute Gasteiger partial charge is 0.0247 e. The third kappa shape index (κ3) is 4.00. The zero-order chi connectivity index (χ0) is 13.5. The van der Waals surface area contributed by atoms with Gasteiger partial charge in [-0.1, -0.05) is 34.1 Å². The molecule has 0 aromatic carbocycles. The minimum absolute atomic E-state index is 0.559. The molecule has 3 unspecified atom stereocenters. The van der Waals surface area contributed by atoms with Gasteiger partial charge < -0.3 is 5.32 Å². The molecule has 2 heteroatoms. The summed E-state index contributed by atoms with van der Waals surface area (Å²) in [4.78, 5) is 2.68. The minimum Gasteiger partial charge on any atom is -0.311 e. The first-order chi connectivity index (χ1) is 8.63. The monoisotopic (exact) mass is 250 g/mol. The number of terminal acetylenes is 1. The predicted octanol–water partition coefficient (Wildman–Crippen LogP) is 2.89. The SMILES string of the molecule is C#CCC(CC)N1CC(CCC)NCC1C(C)C. The molecule has 0 spiro atoms. The lowest BCUT2D eigenvalue weighted by Gasteiger charge is -2.46. The van der Waals surface area contributed by atoms with Crippen LogP contribution in [0.25, 0.3) is 0 Å². The van der Waals surface area contributed by atoms with Crippen molar-refractivity contribution in [1.29, 1.82) is 0 Å². The van der Waals surface area contributed by atoms with Crippen LogP contribution in [0.1, 0.15) is 53.4 Å². The van der Waals surface area contributed by atoms with Crippen LogP contribution in [0.15, 0.2) is 0 Å². The highest BCUT2D eigenvalue weighted by molar-refractivity contribution is 4.96. The van der Waals surface area contributed by atoms with Gasteiger partial charge in [-0.3, -0.25) is 4.90 Å². The highest BCUT2D eigenvalue weighted by atomic mass is 15.3. The first-order valence-corrected chi connectivity index (χ1v) is 7.56. The molecule has 0 aliphatic carbocycles. The topological polar surface area (TPSA) is 15.3 Å². The van der Waals surface area contributed by atoms with Crippen molar-refractivity contribution in [3.8, 4) is 12.3 Å². The van der Waals surface area contributed by atoms with Gasteiger partial charge in [0.15, 0.2) is 0 Å². The van der Waals surface area contributed by atoms with Crippen LogP contribution >= 0.6 is 0 Å². The van der Waals surface area contributed by atoms with Gasteiger partial charge in [0.05, 0.1) is 0 Å². The molecule has 1 saturated heterocycles. The molecule has 0 aromatic rings. The van der Waals surface area contributed by atoms with Gasteiger partial charge in [0.25, 0.3) is 0 Å². The summed E-state index contributed by atoms with van der Waals surface area (Å²) in [6.45, 7) is 11.4. The van der Waals surface area contributed by atoms with Gasteiger partial charge in [-0.25, -0.2) is 0 Å². The summed E-state index contributed by atoms with van der Waals surface area (Å²) in [5.41, 5.74) is 0. The Labute approximate surface area is 114 Å². The van der Waals surface area contributed by atoms with Crippen molar-refractivity contribution in [3.63, 3.8) is 0 Å². The Bertz CT molecular complexity index is 267. The van der Waals surface area contributed by atoms with E-state index in [0.717, 1.165) is 25.9 Å². The third-order valence-electron chi connectivity index (χ3n) is 4.17. The Morgan fingerprint density at radius 2 is 2.11 bits per heavy atom. The number of hydrogen-bond acceptors (Lipinski definition) is 2. The van der Waals surface area contributed by atoms with Gasteiger partial charge in [0, 0.05) is 37.6 Å². The maximum absolute atomic E-state index is 5.53. The van der Waals surface area contributed by atoms with E-state index in [1.54, 1.807) is 0 Å². The van der Waals surface area contributed by atoms with E-state index >= 15 is 0 Å². The summed E-state index contributed by atoms with van der Waals surface area (Å²) in [7, 11) is 0. The molecule has 1 heterocycles. The van der Waals surface area contributed by atoms with Crippen molar-refractivity contribution in [3.05, 3.63) is 0 Å². The van der Waals surface area contributed by atoms with Crippen LogP contribution in [0, 0.1) is 18.3 Å². The molecule has 1 aliphatic rings. The Morgan fingerprint density at radius 1 is 1.39 bits per heavy atom. The largest absolute Gasteiger partial charge is 0.311 e. The quantitative estimate of drug-likeness (QED) is 0.729. The normalized spacial score (nSPS) is 27.1. The highest BCUT2D eigenvalue weighted by Gasteiger charge is 2.32. The first kappa shape index (κ1) is 15.5. The fraction of sp³-hybridized carbons (Fsp3) is 0.875. The van der Waals surface area contributed by atoms with Crippen molar-refractivity contribution in [2.24, 2.45) is 5.92 Å². The number of piperazine rings is 1. The van der Waals surface area contributed by atoms with Crippen LogP contribution < -0.4 is 5.32 Å². The lowest BCUT2D eigenvalue weighted by molar-refractivity contribution is 0.0533. The van der Waals surface area contributed by atoms with Crippen LogP contribution in [0.5, 0.6) is 0 Å². The standard InChI is InChI=1S/C16H30N2/c1-6-9-14-12-18(15(8-3)10-7-2)16(11-17-14)13(4)5/h2,13-17H,6,8-12H2,1,3-5H3. The van der Waals surface area contributed by atoms with Gasteiger partial charge in [0.2, 0.25) is 0 Å². The molecule has 1 N–H and O–H groups in total. The second-order valence-electron chi connectivity index (χ2n) is 5.87. The summed E-state index contributed by atoms with van der Waals surface area (Å²) in [5, 5.41) is 3.71. The van der Waals surface area contributed by atoms with Gasteiger partial charge in [0.1, 0.15) is 0 Å². The van der Waals surface area contributed by atoms with Crippen LogP contribution in [0.3, 0.4) is 0 Å². The van der Waals surface area contributed by atoms with E-state index in [1.807, 2.05) is 0 Å². The molecule has 18 heavy (non-hydrogen) atoms. The fourth-order valence-corrected chi connectivity index (χ4v) is 3.07. The van der Waals surface area contributed by atoms with Gasteiger partial charge in [-0.05, 0) is 18.8 Å². The lowest BCUT2D eigenvalue weighted by atomic mass is 9.93. The average molecular weight is 250 g/mol. The van der Waals surface area contributed by atoms with Crippen LogP contribution in [0.2, 0.25) is 0 Å². The predicted molar refractivity (Wildman–Crippen MR) is 79.6 cm³/mol. The fourth-order valence-electron chi connectivity index (χ4n) is 3.07. The van der Waals surface area contributed by atoms with E-state index in [4.69, 9.17) is 6.42 Å². The van der Waals surface area contributed by atoms with Gasteiger partial charge in [-0.15, -0.1) is 12.3 Å². The molecule has 3 atom stereocenters. The number of hydrogen-bond donors (Lipinski definition) is 1. The second-order valence-corrected chi connectivity index (χ2v) is 5.87. The summed E-state index contributed by atoms with van der Waals surface area (Å²) in [6, 6.07) is 1.84. The maximum Gasteiger partial charge on any atom is 0.0247 e. The van der Waals surface area contributed by atoms with E-state index in [1.165, 1.54) is 12.8 Å². The first-order valence-electron chi connectivity index (χ1n) is 7.56. The van der Waals surface area contributed by atoms with E-state index in [2.05, 4.69) is 43.8 Å². The highest BCUT2D eigenvalue weighted by Crippen LogP contribution is 2.22. The third-order valence-corrected chi connectivity index (χ3v) is 4.17. The van der Waals surface area contributed by atoms with Crippen molar-refractivity contribution < 1.29 is 0 Å². The lowest BCUT2D eigenvalue weighted by Crippen LogP contribution is -2.60. The second kappa shape index (κ2) is 7.81. The molecule has 0 bridgehead atoms. The zero-order valence-electron chi connectivity index (χ0n) is 12.6. The molecule has 2 nitrogen and oxygen atoms in total. The molecule has 1 aliphatic heterocycles. The molecule has 0 radical (unpaired) electrons. The van der Waals surface area contributed by atoms with Crippen LogP contribution in [-0.2, 0) is 0 Å². The summed E-state index contributed by atoms with van der Waals surface area (Å²) in [6.07, 6.45) is 10.1. The number of rotatable bonds is 6. The van der Waals surface area contributed by atoms with E-state index in [9.17, 15) is 0 Å². The summed E-state index contributed by atoms with van der Waals surface area (Å²) in [5.74, 6) is 3.55. The minimum atomic E-state index is 0.559. The van der Waals surface area contributed by atoms with E-state index < -0.39 is 0 Å². The van der Waals surface area contributed by atoms with Gasteiger partial charge in [-0.2, -0.15) is 0 Å². The van der Waals surface area contributed by atoms with E-state index in [0.29, 0.717) is 24.0 Å². The Morgan fingerprint density at radius 3 is 2.61 bits per heavy atom. The van der Waals surface area contributed by atoms with Crippen molar-refractivity contribution in [2.45, 2.75) is 71.5 Å².